The third-order valence-electron chi connectivity index (χ3n) is 3.42. The van der Waals surface area contributed by atoms with Crippen LogP contribution in [0.2, 0.25) is 0 Å². The molecule has 2 atom stereocenters. The molecule has 2 unspecified atom stereocenters. The first kappa shape index (κ1) is 12.6. The van der Waals surface area contributed by atoms with Crippen molar-refractivity contribution >= 4 is 0 Å². The molecule has 3 heteroatoms. The summed E-state index contributed by atoms with van der Waals surface area (Å²) < 4.78 is 5.07. The quantitative estimate of drug-likeness (QED) is 0.838. The zero-order chi connectivity index (χ0) is 12.1. The zero-order valence-electron chi connectivity index (χ0n) is 10.5. The molecule has 1 aromatic rings. The van der Waals surface area contributed by atoms with E-state index in [-0.39, 0.29) is 6.04 Å². The van der Waals surface area contributed by atoms with Gasteiger partial charge in [-0.1, -0.05) is 30.3 Å². The van der Waals surface area contributed by atoms with E-state index >= 15 is 0 Å². The second-order valence-electron chi connectivity index (χ2n) is 4.87. The van der Waals surface area contributed by atoms with Gasteiger partial charge < -0.3 is 15.4 Å². The highest BCUT2D eigenvalue weighted by molar-refractivity contribution is 5.21. The summed E-state index contributed by atoms with van der Waals surface area (Å²) in [5, 5.41) is 0. The molecule has 1 aliphatic rings. The zero-order valence-corrected chi connectivity index (χ0v) is 10.5. The third kappa shape index (κ3) is 3.53. The molecular formula is C14H22N2O. The second-order valence-corrected chi connectivity index (χ2v) is 4.87. The third-order valence-corrected chi connectivity index (χ3v) is 3.42. The molecular weight excluding hydrogens is 212 g/mol. The molecule has 1 fully saturated rings. The standard InChI is InChI=1S/C14H22N2O/c1-17-11-14(15)10-16-8-7-13(9-16)12-5-3-2-4-6-12/h2-6,13-14H,7-11,15H2,1H3. The summed E-state index contributed by atoms with van der Waals surface area (Å²) >= 11 is 0. The maximum absolute atomic E-state index is 5.98. The summed E-state index contributed by atoms with van der Waals surface area (Å²) in [7, 11) is 1.70. The van der Waals surface area contributed by atoms with E-state index < -0.39 is 0 Å². The summed E-state index contributed by atoms with van der Waals surface area (Å²) in [6, 6.07) is 10.9. The van der Waals surface area contributed by atoms with Crippen molar-refractivity contribution in [2.24, 2.45) is 5.73 Å². The summed E-state index contributed by atoms with van der Waals surface area (Å²) in [5.41, 5.74) is 7.44. The van der Waals surface area contributed by atoms with Gasteiger partial charge in [-0.3, -0.25) is 0 Å². The van der Waals surface area contributed by atoms with Crippen molar-refractivity contribution in [2.45, 2.75) is 18.4 Å². The van der Waals surface area contributed by atoms with E-state index in [4.69, 9.17) is 10.5 Å². The van der Waals surface area contributed by atoms with Crippen molar-refractivity contribution in [2.75, 3.05) is 33.4 Å². The Hall–Kier alpha value is -0.900. The van der Waals surface area contributed by atoms with Gasteiger partial charge in [0.25, 0.3) is 0 Å². The Balaban J connectivity index is 1.83. The largest absolute Gasteiger partial charge is 0.383 e. The monoisotopic (exact) mass is 234 g/mol. The molecule has 1 heterocycles. The smallest absolute Gasteiger partial charge is 0.0626 e. The van der Waals surface area contributed by atoms with Crippen molar-refractivity contribution in [3.8, 4) is 0 Å². The second kappa shape index (κ2) is 6.15. The number of likely N-dealkylation sites (tertiary alicyclic amines) is 1. The summed E-state index contributed by atoms with van der Waals surface area (Å²) in [4.78, 5) is 2.45. The fraction of sp³-hybridized carbons (Fsp3) is 0.571. The molecule has 0 bridgehead atoms. The van der Waals surface area contributed by atoms with Crippen LogP contribution in [0.5, 0.6) is 0 Å². The topological polar surface area (TPSA) is 38.5 Å². The molecule has 0 radical (unpaired) electrons. The van der Waals surface area contributed by atoms with Gasteiger partial charge in [0.2, 0.25) is 0 Å². The molecule has 94 valence electrons. The maximum atomic E-state index is 5.98. The van der Waals surface area contributed by atoms with Gasteiger partial charge >= 0.3 is 0 Å². The maximum Gasteiger partial charge on any atom is 0.0626 e. The number of hydrogen-bond donors (Lipinski definition) is 1. The summed E-state index contributed by atoms with van der Waals surface area (Å²) in [6.07, 6.45) is 1.24. The van der Waals surface area contributed by atoms with Crippen molar-refractivity contribution in [3.63, 3.8) is 0 Å². The lowest BCUT2D eigenvalue weighted by Gasteiger charge is -2.20. The van der Waals surface area contributed by atoms with Crippen LogP contribution in [0.15, 0.2) is 30.3 Å². The van der Waals surface area contributed by atoms with Gasteiger partial charge in [0.15, 0.2) is 0 Å². The van der Waals surface area contributed by atoms with E-state index in [0.29, 0.717) is 12.5 Å². The minimum absolute atomic E-state index is 0.134. The van der Waals surface area contributed by atoms with Crippen LogP contribution in [0.4, 0.5) is 0 Å². The molecule has 0 aromatic heterocycles. The van der Waals surface area contributed by atoms with Gasteiger partial charge in [-0.15, -0.1) is 0 Å². The molecule has 0 aliphatic carbocycles. The average Bonchev–Trinajstić information content (AvgIpc) is 2.79. The van der Waals surface area contributed by atoms with Gasteiger partial charge in [0.1, 0.15) is 0 Å². The van der Waals surface area contributed by atoms with Gasteiger partial charge in [-0.25, -0.2) is 0 Å². The minimum atomic E-state index is 0.134. The fourth-order valence-electron chi connectivity index (χ4n) is 2.59. The highest BCUT2D eigenvalue weighted by Gasteiger charge is 2.24. The highest BCUT2D eigenvalue weighted by atomic mass is 16.5. The van der Waals surface area contributed by atoms with Crippen LogP contribution in [0.25, 0.3) is 0 Å². The van der Waals surface area contributed by atoms with Gasteiger partial charge in [0.05, 0.1) is 6.61 Å². The molecule has 0 spiro atoms. The summed E-state index contributed by atoms with van der Waals surface area (Å²) in [6.45, 7) is 3.86. The van der Waals surface area contributed by atoms with E-state index in [9.17, 15) is 0 Å². The van der Waals surface area contributed by atoms with E-state index in [2.05, 4.69) is 35.2 Å². The van der Waals surface area contributed by atoms with Crippen LogP contribution in [0.1, 0.15) is 17.9 Å². The molecule has 2 N–H and O–H groups in total. The predicted molar refractivity (Wildman–Crippen MR) is 70.1 cm³/mol. The molecule has 3 nitrogen and oxygen atoms in total. The molecule has 1 saturated heterocycles. The number of rotatable bonds is 5. The van der Waals surface area contributed by atoms with Crippen LogP contribution >= 0.6 is 0 Å². The summed E-state index contributed by atoms with van der Waals surface area (Å²) in [5.74, 6) is 0.672. The van der Waals surface area contributed by atoms with Crippen molar-refractivity contribution in [3.05, 3.63) is 35.9 Å². The first-order chi connectivity index (χ1) is 8.29. The normalized spacial score (nSPS) is 22.8. The lowest BCUT2D eigenvalue weighted by molar-refractivity contribution is 0.161. The van der Waals surface area contributed by atoms with E-state index in [1.807, 2.05) is 0 Å². The van der Waals surface area contributed by atoms with Gasteiger partial charge in [0, 0.05) is 26.2 Å². The molecule has 1 aromatic carbocycles. The van der Waals surface area contributed by atoms with Crippen LogP contribution in [-0.4, -0.2) is 44.3 Å². The molecule has 1 aliphatic heterocycles. The van der Waals surface area contributed by atoms with Gasteiger partial charge in [-0.05, 0) is 24.4 Å². The van der Waals surface area contributed by atoms with Crippen molar-refractivity contribution in [1.29, 1.82) is 0 Å². The van der Waals surface area contributed by atoms with Crippen LogP contribution < -0.4 is 5.73 Å². The minimum Gasteiger partial charge on any atom is -0.383 e. The highest BCUT2D eigenvalue weighted by Crippen LogP contribution is 2.26. The Morgan fingerprint density at radius 1 is 1.41 bits per heavy atom. The Morgan fingerprint density at radius 3 is 2.88 bits per heavy atom. The first-order valence-electron chi connectivity index (χ1n) is 6.31. The molecule has 17 heavy (non-hydrogen) atoms. The number of benzene rings is 1. The van der Waals surface area contributed by atoms with Crippen molar-refractivity contribution in [1.82, 2.24) is 4.90 Å². The Morgan fingerprint density at radius 2 is 2.18 bits per heavy atom. The SMILES string of the molecule is COCC(N)CN1CCC(c2ccccc2)C1. The average molecular weight is 234 g/mol. The Labute approximate surface area is 104 Å². The lowest BCUT2D eigenvalue weighted by atomic mass is 9.99. The Bertz CT molecular complexity index is 328. The van der Waals surface area contributed by atoms with Crippen LogP contribution in [-0.2, 0) is 4.74 Å². The lowest BCUT2D eigenvalue weighted by Crippen LogP contribution is -2.39. The molecule has 0 amide bonds. The first-order valence-corrected chi connectivity index (χ1v) is 6.31. The number of nitrogens with two attached hydrogens (primary N) is 1. The van der Waals surface area contributed by atoms with Crippen LogP contribution in [0.3, 0.4) is 0 Å². The van der Waals surface area contributed by atoms with E-state index in [0.717, 1.165) is 19.6 Å². The number of hydrogen-bond acceptors (Lipinski definition) is 3. The number of nitrogens with zero attached hydrogens (tertiary/aromatic N) is 1. The molecule has 0 saturated carbocycles. The van der Waals surface area contributed by atoms with Gasteiger partial charge in [-0.2, -0.15) is 0 Å². The van der Waals surface area contributed by atoms with Crippen molar-refractivity contribution < 1.29 is 4.74 Å². The Kier molecular flexibility index (Phi) is 4.54. The molecule has 2 rings (SSSR count). The number of methoxy groups -OCH3 is 1. The fourth-order valence-corrected chi connectivity index (χ4v) is 2.59. The van der Waals surface area contributed by atoms with E-state index in [1.54, 1.807) is 7.11 Å². The predicted octanol–water partition coefficient (Wildman–Crippen LogP) is 1.45. The van der Waals surface area contributed by atoms with Crippen LogP contribution in [0, 0.1) is 0 Å². The van der Waals surface area contributed by atoms with E-state index in [1.165, 1.54) is 12.0 Å². The number of ether oxygens (including phenoxy) is 1.